The Bertz CT molecular complexity index is 542. The molecular formula is C24H46N4O6. The summed E-state index contributed by atoms with van der Waals surface area (Å²) >= 11 is 0. The zero-order valence-electron chi connectivity index (χ0n) is 21.6. The van der Waals surface area contributed by atoms with Gasteiger partial charge in [-0.05, 0) is 24.7 Å². The molecular weight excluding hydrogens is 440 g/mol. The third kappa shape index (κ3) is 10.8. The van der Waals surface area contributed by atoms with Crippen molar-refractivity contribution < 1.29 is 28.5 Å². The topological polar surface area (TPSA) is 102 Å². The van der Waals surface area contributed by atoms with Crippen LogP contribution in [0.4, 0.5) is 9.59 Å². The van der Waals surface area contributed by atoms with E-state index >= 15 is 0 Å². The monoisotopic (exact) mass is 486 g/mol. The first-order valence-corrected chi connectivity index (χ1v) is 12.9. The van der Waals surface area contributed by atoms with Crippen molar-refractivity contribution in [2.24, 2.45) is 11.8 Å². The summed E-state index contributed by atoms with van der Waals surface area (Å²) in [5, 5.41) is 5.59. The van der Waals surface area contributed by atoms with Gasteiger partial charge in [-0.25, -0.2) is 9.59 Å². The number of carbonyl (C=O) groups is 2. The molecule has 198 valence electrons. The number of hydrogen-bond donors (Lipinski definition) is 2. The van der Waals surface area contributed by atoms with Crippen molar-refractivity contribution in [2.45, 2.75) is 65.8 Å². The predicted molar refractivity (Wildman–Crippen MR) is 129 cm³/mol. The molecule has 2 amide bonds. The maximum Gasteiger partial charge on any atom is 0.407 e. The highest BCUT2D eigenvalue weighted by Gasteiger charge is 2.28. The van der Waals surface area contributed by atoms with E-state index in [1.807, 2.05) is 0 Å². The van der Waals surface area contributed by atoms with Crippen molar-refractivity contribution in [1.82, 2.24) is 20.4 Å². The molecule has 0 aromatic rings. The molecule has 0 spiro atoms. The molecule has 2 N–H and O–H groups in total. The molecule has 2 saturated heterocycles. The van der Waals surface area contributed by atoms with Crippen molar-refractivity contribution in [3.63, 3.8) is 0 Å². The Morgan fingerprint density at radius 2 is 1.18 bits per heavy atom. The van der Waals surface area contributed by atoms with Crippen LogP contribution in [0.25, 0.3) is 0 Å². The van der Waals surface area contributed by atoms with Gasteiger partial charge >= 0.3 is 12.2 Å². The van der Waals surface area contributed by atoms with Crippen molar-refractivity contribution >= 4 is 12.2 Å². The van der Waals surface area contributed by atoms with E-state index in [-0.39, 0.29) is 24.6 Å². The second kappa shape index (κ2) is 16.1. The largest absolute Gasteiger partial charge is 0.448 e. The number of alkyl carbamates (subject to hydrolysis) is 2. The van der Waals surface area contributed by atoms with Gasteiger partial charge < -0.3 is 29.6 Å². The van der Waals surface area contributed by atoms with Gasteiger partial charge in [0.1, 0.15) is 25.7 Å². The lowest BCUT2D eigenvalue weighted by Crippen LogP contribution is -2.37. The Balaban J connectivity index is 1.37. The smallest absolute Gasteiger partial charge is 0.407 e. The van der Waals surface area contributed by atoms with E-state index in [1.54, 1.807) is 0 Å². The summed E-state index contributed by atoms with van der Waals surface area (Å²) in [6.07, 6.45) is 3.20. The normalized spacial score (nSPS) is 21.4. The first-order chi connectivity index (χ1) is 16.4. The molecule has 0 radical (unpaired) electrons. The number of nitrogens with zero attached hydrogens (tertiary/aromatic N) is 2. The van der Waals surface area contributed by atoms with Crippen LogP contribution in [-0.4, -0.2) is 100 Å². The van der Waals surface area contributed by atoms with Gasteiger partial charge in [0, 0.05) is 39.3 Å². The van der Waals surface area contributed by atoms with Crippen LogP contribution in [0.1, 0.15) is 53.4 Å². The van der Waals surface area contributed by atoms with Crippen molar-refractivity contribution in [2.75, 3.05) is 65.7 Å². The molecule has 0 unspecified atom stereocenters. The van der Waals surface area contributed by atoms with Crippen LogP contribution in [0.2, 0.25) is 0 Å². The summed E-state index contributed by atoms with van der Waals surface area (Å²) in [6.45, 7) is 15.1. The molecule has 2 rings (SSSR count). The van der Waals surface area contributed by atoms with E-state index in [9.17, 15) is 9.59 Å². The average Bonchev–Trinajstić information content (AvgIpc) is 3.45. The molecule has 2 atom stereocenters. The number of ether oxygens (including phenoxy) is 4. The van der Waals surface area contributed by atoms with E-state index in [0.717, 1.165) is 52.0 Å². The number of nitrogens with one attached hydrogen (secondary N) is 2. The van der Waals surface area contributed by atoms with Crippen LogP contribution in [0.15, 0.2) is 0 Å². The van der Waals surface area contributed by atoms with Gasteiger partial charge in [0.05, 0.1) is 13.2 Å². The van der Waals surface area contributed by atoms with E-state index < -0.39 is 0 Å². The van der Waals surface area contributed by atoms with Gasteiger partial charge in [-0.2, -0.15) is 0 Å². The minimum absolute atomic E-state index is 0.116. The quantitative estimate of drug-likeness (QED) is 0.341. The van der Waals surface area contributed by atoms with Crippen LogP contribution in [-0.2, 0) is 18.9 Å². The fourth-order valence-electron chi connectivity index (χ4n) is 4.35. The highest BCUT2D eigenvalue weighted by atomic mass is 16.6. The van der Waals surface area contributed by atoms with Crippen LogP contribution >= 0.6 is 0 Å². The summed E-state index contributed by atoms with van der Waals surface area (Å²) < 4.78 is 21.9. The molecule has 0 aliphatic carbocycles. The predicted octanol–water partition coefficient (Wildman–Crippen LogP) is 2.63. The average molecular weight is 487 g/mol. The van der Waals surface area contributed by atoms with Gasteiger partial charge in [0.15, 0.2) is 0 Å². The van der Waals surface area contributed by atoms with Gasteiger partial charge in [-0.1, -0.05) is 40.5 Å². The van der Waals surface area contributed by atoms with Crippen LogP contribution in [0.5, 0.6) is 0 Å². The number of hydrogen-bond acceptors (Lipinski definition) is 8. The van der Waals surface area contributed by atoms with E-state index in [0.29, 0.717) is 51.2 Å². The number of amides is 2. The molecule has 0 aromatic carbocycles. The molecule has 10 nitrogen and oxygen atoms in total. The van der Waals surface area contributed by atoms with Crippen LogP contribution in [0, 0.1) is 11.8 Å². The van der Waals surface area contributed by atoms with Gasteiger partial charge in [0.25, 0.3) is 0 Å². The highest BCUT2D eigenvalue weighted by molar-refractivity contribution is 5.67. The second-order valence-electron chi connectivity index (χ2n) is 9.62. The second-order valence-corrected chi connectivity index (χ2v) is 9.62. The first-order valence-electron chi connectivity index (χ1n) is 12.9. The third-order valence-electron chi connectivity index (χ3n) is 6.06. The Labute approximate surface area is 205 Å². The molecule has 2 heterocycles. The minimum atomic E-state index is -0.370. The minimum Gasteiger partial charge on any atom is -0.448 e. The summed E-state index contributed by atoms with van der Waals surface area (Å²) in [7, 11) is 0. The van der Waals surface area contributed by atoms with Crippen LogP contribution < -0.4 is 10.6 Å². The Morgan fingerprint density at radius 1 is 0.765 bits per heavy atom. The van der Waals surface area contributed by atoms with Gasteiger partial charge in [-0.15, -0.1) is 0 Å². The number of carbonyl (C=O) groups excluding carboxylic acids is 2. The Hall–Kier alpha value is -1.62. The van der Waals surface area contributed by atoms with Crippen molar-refractivity contribution in [1.29, 1.82) is 0 Å². The zero-order chi connectivity index (χ0) is 24.8. The SMILES string of the molecule is CC(C)[C@H]1OCCN1CCOC(=O)NCCCCCCNC(=O)OCCN1CCO[C@H]1C(C)C. The first kappa shape index (κ1) is 28.6. The molecule has 10 heteroatoms. The molecule has 0 bridgehead atoms. The van der Waals surface area contributed by atoms with Crippen LogP contribution in [0.3, 0.4) is 0 Å². The maximum atomic E-state index is 11.8. The Morgan fingerprint density at radius 3 is 1.56 bits per heavy atom. The Kier molecular flexibility index (Phi) is 13.6. The fraction of sp³-hybridized carbons (Fsp3) is 0.917. The van der Waals surface area contributed by atoms with E-state index in [2.05, 4.69) is 48.1 Å². The third-order valence-corrected chi connectivity index (χ3v) is 6.06. The summed E-state index contributed by atoms with van der Waals surface area (Å²) in [4.78, 5) is 28.0. The molecule has 2 fully saturated rings. The lowest BCUT2D eigenvalue weighted by molar-refractivity contribution is -0.00851. The van der Waals surface area contributed by atoms with E-state index in [1.165, 1.54) is 0 Å². The van der Waals surface area contributed by atoms with Gasteiger partial charge in [-0.3, -0.25) is 9.80 Å². The summed E-state index contributed by atoms with van der Waals surface area (Å²) in [5.41, 5.74) is 0. The zero-order valence-corrected chi connectivity index (χ0v) is 21.6. The molecule has 0 saturated carbocycles. The number of unbranched alkanes of at least 4 members (excludes halogenated alkanes) is 3. The van der Waals surface area contributed by atoms with Gasteiger partial charge in [0.2, 0.25) is 0 Å². The molecule has 0 aromatic heterocycles. The van der Waals surface area contributed by atoms with Crippen molar-refractivity contribution in [3.8, 4) is 0 Å². The lowest BCUT2D eigenvalue weighted by Gasteiger charge is -2.25. The summed E-state index contributed by atoms with van der Waals surface area (Å²) in [6, 6.07) is 0. The number of rotatable bonds is 15. The fourth-order valence-corrected chi connectivity index (χ4v) is 4.35. The lowest BCUT2D eigenvalue weighted by atomic mass is 10.2. The highest BCUT2D eigenvalue weighted by Crippen LogP contribution is 2.18. The maximum absolute atomic E-state index is 11.8. The molecule has 34 heavy (non-hydrogen) atoms. The van der Waals surface area contributed by atoms with Crippen molar-refractivity contribution in [3.05, 3.63) is 0 Å². The standard InChI is InChI=1S/C24H46N4O6/c1-19(2)21-27(11-15-31-21)13-17-33-23(29)25-9-7-5-6-8-10-26-24(30)34-18-14-28-12-16-32-22(28)20(3)4/h19-22H,5-18H2,1-4H3,(H,25,29)(H,26,30)/t21-,22+. The molecule has 2 aliphatic rings. The summed E-state index contributed by atoms with van der Waals surface area (Å²) in [5.74, 6) is 0.843. The van der Waals surface area contributed by atoms with E-state index in [4.69, 9.17) is 18.9 Å². The molecule has 2 aliphatic heterocycles.